The Bertz CT molecular complexity index is 702. The van der Waals surface area contributed by atoms with E-state index in [0.717, 1.165) is 12.1 Å². The van der Waals surface area contributed by atoms with Crippen LogP contribution in [0.3, 0.4) is 0 Å². The molecule has 0 bridgehead atoms. The van der Waals surface area contributed by atoms with Crippen LogP contribution in [0.5, 0.6) is 5.75 Å². The number of ether oxygens (including phenoxy) is 1. The van der Waals surface area contributed by atoms with E-state index in [2.05, 4.69) is 11.8 Å². The highest BCUT2D eigenvalue weighted by atomic mass is 19.2. The van der Waals surface area contributed by atoms with Crippen molar-refractivity contribution in [3.05, 3.63) is 65.0 Å². The summed E-state index contributed by atoms with van der Waals surface area (Å²) < 4.78 is 44.7. The molecule has 108 valence electrons. The summed E-state index contributed by atoms with van der Waals surface area (Å²) in [5.41, 5.74) is 0.687. The number of benzene rings is 2. The highest BCUT2D eigenvalue weighted by molar-refractivity contribution is 5.37. The molecule has 2 aromatic rings. The van der Waals surface area contributed by atoms with Gasteiger partial charge in [0.25, 0.3) is 0 Å². The Balaban J connectivity index is 2.07. The summed E-state index contributed by atoms with van der Waals surface area (Å²) in [6, 6.07) is 7.37. The molecule has 0 aliphatic rings. The van der Waals surface area contributed by atoms with Crippen LogP contribution >= 0.6 is 0 Å². The Morgan fingerprint density at radius 2 is 1.76 bits per heavy atom. The molecule has 2 aromatic carbocycles. The van der Waals surface area contributed by atoms with Gasteiger partial charge in [-0.2, -0.15) is 0 Å². The van der Waals surface area contributed by atoms with Gasteiger partial charge in [0, 0.05) is 17.2 Å². The monoisotopic (exact) mass is 292 g/mol. The Morgan fingerprint density at radius 3 is 2.43 bits per heavy atom. The normalized spacial score (nSPS) is 9.90. The number of halogens is 3. The average Bonchev–Trinajstić information content (AvgIpc) is 2.47. The topological polar surface area (TPSA) is 29.5 Å². The zero-order valence-corrected chi connectivity index (χ0v) is 10.9. The second-order valence-electron chi connectivity index (χ2n) is 4.13. The minimum atomic E-state index is -1.03. The Hall–Kier alpha value is -2.45. The van der Waals surface area contributed by atoms with E-state index < -0.39 is 17.5 Å². The summed E-state index contributed by atoms with van der Waals surface area (Å²) in [6.45, 7) is -0.423. The number of rotatable bonds is 3. The van der Waals surface area contributed by atoms with Crippen LogP contribution in [-0.2, 0) is 6.61 Å². The van der Waals surface area contributed by atoms with Crippen LogP contribution in [-0.4, -0.2) is 11.7 Å². The summed E-state index contributed by atoms with van der Waals surface area (Å²) in [5, 5.41) is 8.56. The van der Waals surface area contributed by atoms with Crippen molar-refractivity contribution in [2.75, 3.05) is 6.61 Å². The molecule has 0 saturated carbocycles. The zero-order chi connectivity index (χ0) is 15.2. The lowest BCUT2D eigenvalue weighted by Crippen LogP contribution is -1.99. The highest BCUT2D eigenvalue weighted by Crippen LogP contribution is 2.18. The van der Waals surface area contributed by atoms with Crippen molar-refractivity contribution in [1.82, 2.24) is 0 Å². The first kappa shape index (κ1) is 14.9. The summed E-state index contributed by atoms with van der Waals surface area (Å²) in [6.07, 6.45) is 0. The highest BCUT2D eigenvalue weighted by Gasteiger charge is 2.06. The molecule has 0 spiro atoms. The minimum absolute atomic E-state index is 0.109. The Morgan fingerprint density at radius 1 is 0.952 bits per heavy atom. The van der Waals surface area contributed by atoms with E-state index in [-0.39, 0.29) is 24.5 Å². The van der Waals surface area contributed by atoms with Gasteiger partial charge in [0.15, 0.2) is 11.6 Å². The second-order valence-corrected chi connectivity index (χ2v) is 4.13. The van der Waals surface area contributed by atoms with Crippen LogP contribution in [0, 0.1) is 29.3 Å². The predicted octanol–water partition coefficient (Wildman–Crippen LogP) is 3.03. The molecule has 0 unspecified atom stereocenters. The van der Waals surface area contributed by atoms with Gasteiger partial charge in [-0.25, -0.2) is 13.2 Å². The third-order valence-electron chi connectivity index (χ3n) is 2.65. The molecule has 2 rings (SSSR count). The SMILES string of the molecule is OCC#Cc1ccc(COc2ccc(F)c(F)c2)c(F)c1. The third-order valence-corrected chi connectivity index (χ3v) is 2.65. The van der Waals surface area contributed by atoms with Gasteiger partial charge >= 0.3 is 0 Å². The van der Waals surface area contributed by atoms with Gasteiger partial charge in [0.05, 0.1) is 0 Å². The maximum atomic E-state index is 13.8. The van der Waals surface area contributed by atoms with Crippen molar-refractivity contribution in [3.63, 3.8) is 0 Å². The van der Waals surface area contributed by atoms with E-state index in [1.54, 1.807) is 6.07 Å². The summed E-state index contributed by atoms with van der Waals surface area (Å²) in [5.74, 6) is 2.57. The van der Waals surface area contributed by atoms with Gasteiger partial charge in [-0.1, -0.05) is 17.9 Å². The average molecular weight is 292 g/mol. The van der Waals surface area contributed by atoms with Gasteiger partial charge in [-0.05, 0) is 24.3 Å². The lowest BCUT2D eigenvalue weighted by molar-refractivity contribution is 0.297. The van der Waals surface area contributed by atoms with E-state index in [9.17, 15) is 13.2 Å². The first-order valence-corrected chi connectivity index (χ1v) is 6.06. The number of aliphatic hydroxyl groups excluding tert-OH is 1. The van der Waals surface area contributed by atoms with Crippen LogP contribution in [0.4, 0.5) is 13.2 Å². The maximum absolute atomic E-state index is 13.8. The van der Waals surface area contributed by atoms with Crippen molar-refractivity contribution in [1.29, 1.82) is 0 Å². The first-order valence-electron chi connectivity index (χ1n) is 6.06. The smallest absolute Gasteiger partial charge is 0.162 e. The molecule has 5 heteroatoms. The van der Waals surface area contributed by atoms with Crippen LogP contribution < -0.4 is 4.74 Å². The van der Waals surface area contributed by atoms with Crippen molar-refractivity contribution in [3.8, 4) is 17.6 Å². The van der Waals surface area contributed by atoms with Crippen LogP contribution in [0.1, 0.15) is 11.1 Å². The molecular weight excluding hydrogens is 281 g/mol. The van der Waals surface area contributed by atoms with Gasteiger partial charge in [-0.3, -0.25) is 0 Å². The van der Waals surface area contributed by atoms with Crippen molar-refractivity contribution < 1.29 is 23.0 Å². The van der Waals surface area contributed by atoms with Gasteiger partial charge in [0.2, 0.25) is 0 Å². The fourth-order valence-electron chi connectivity index (χ4n) is 1.61. The fraction of sp³-hybridized carbons (Fsp3) is 0.125. The van der Waals surface area contributed by atoms with E-state index in [1.807, 2.05) is 0 Å². The van der Waals surface area contributed by atoms with Crippen molar-refractivity contribution in [2.45, 2.75) is 6.61 Å². The Labute approximate surface area is 119 Å². The van der Waals surface area contributed by atoms with Gasteiger partial charge in [0.1, 0.15) is 24.8 Å². The fourth-order valence-corrected chi connectivity index (χ4v) is 1.61. The summed E-state index contributed by atoms with van der Waals surface area (Å²) in [4.78, 5) is 0. The number of aliphatic hydroxyl groups is 1. The molecule has 0 aliphatic heterocycles. The van der Waals surface area contributed by atoms with Crippen LogP contribution in [0.25, 0.3) is 0 Å². The third kappa shape index (κ3) is 4.01. The summed E-state index contributed by atoms with van der Waals surface area (Å²) >= 11 is 0. The zero-order valence-electron chi connectivity index (χ0n) is 10.9. The molecule has 0 aliphatic carbocycles. The first-order chi connectivity index (χ1) is 10.1. The molecule has 2 nitrogen and oxygen atoms in total. The standard InChI is InChI=1S/C16H11F3O2/c17-14-6-5-13(9-16(14)19)21-10-12-4-3-11(2-1-7-20)8-15(12)18/h3-6,8-9,20H,7,10H2. The molecule has 1 N–H and O–H groups in total. The largest absolute Gasteiger partial charge is 0.489 e. The summed E-state index contributed by atoms with van der Waals surface area (Å²) in [7, 11) is 0. The van der Waals surface area contributed by atoms with E-state index in [0.29, 0.717) is 5.56 Å². The van der Waals surface area contributed by atoms with E-state index in [4.69, 9.17) is 9.84 Å². The van der Waals surface area contributed by atoms with Crippen molar-refractivity contribution >= 4 is 0 Å². The molecule has 0 amide bonds. The van der Waals surface area contributed by atoms with E-state index in [1.165, 1.54) is 18.2 Å². The van der Waals surface area contributed by atoms with Crippen molar-refractivity contribution in [2.24, 2.45) is 0 Å². The Kier molecular flexibility index (Phi) is 4.85. The van der Waals surface area contributed by atoms with Crippen LogP contribution in [0.15, 0.2) is 36.4 Å². The maximum Gasteiger partial charge on any atom is 0.162 e. The molecular formula is C16H11F3O2. The molecule has 0 saturated heterocycles. The van der Waals surface area contributed by atoms with Gasteiger partial charge in [-0.15, -0.1) is 0 Å². The molecule has 0 fully saturated rings. The second kappa shape index (κ2) is 6.82. The molecule has 21 heavy (non-hydrogen) atoms. The molecule has 0 heterocycles. The lowest BCUT2D eigenvalue weighted by atomic mass is 10.1. The molecule has 0 atom stereocenters. The minimum Gasteiger partial charge on any atom is -0.489 e. The lowest BCUT2D eigenvalue weighted by Gasteiger charge is -2.07. The van der Waals surface area contributed by atoms with Crippen LogP contribution in [0.2, 0.25) is 0 Å². The van der Waals surface area contributed by atoms with E-state index >= 15 is 0 Å². The molecule has 0 radical (unpaired) electrons. The quantitative estimate of drug-likeness (QED) is 0.881. The predicted molar refractivity (Wildman–Crippen MR) is 71.1 cm³/mol. The number of hydrogen-bond acceptors (Lipinski definition) is 2. The molecule has 0 aromatic heterocycles. The van der Waals surface area contributed by atoms with Gasteiger partial charge < -0.3 is 9.84 Å². The number of hydrogen-bond donors (Lipinski definition) is 1.